The summed E-state index contributed by atoms with van der Waals surface area (Å²) >= 11 is 7.32. The molecule has 0 aliphatic rings. The highest BCUT2D eigenvalue weighted by Crippen LogP contribution is 2.08. The van der Waals surface area contributed by atoms with Crippen molar-refractivity contribution < 1.29 is 0 Å². The van der Waals surface area contributed by atoms with Crippen molar-refractivity contribution in [3.05, 3.63) is 29.8 Å². The fraction of sp³-hybridized carbons (Fsp3) is 0.333. The van der Waals surface area contributed by atoms with Gasteiger partial charge in [-0.25, -0.2) is 0 Å². The van der Waals surface area contributed by atoms with Gasteiger partial charge in [-0.1, -0.05) is 37.6 Å². The molecule has 1 aromatic rings. The van der Waals surface area contributed by atoms with Gasteiger partial charge in [-0.05, 0) is 17.2 Å². The maximum atomic E-state index is 3.66. The number of halogens is 2. The zero-order valence-corrected chi connectivity index (χ0v) is 11.4. The summed E-state index contributed by atoms with van der Waals surface area (Å²) in [5.41, 5.74) is 1.49. The van der Waals surface area contributed by atoms with Gasteiger partial charge in [0.2, 0.25) is 6.04 Å². The Labute approximate surface area is 91.1 Å². The zero-order chi connectivity index (χ0) is 8.97. The minimum Gasteiger partial charge on any atom is -0.109 e. The first-order valence-corrected chi connectivity index (χ1v) is 11.1. The summed E-state index contributed by atoms with van der Waals surface area (Å²) in [7, 11) is 0. The van der Waals surface area contributed by atoms with E-state index in [4.69, 9.17) is 0 Å². The van der Waals surface area contributed by atoms with E-state index in [1.807, 2.05) is 0 Å². The molecule has 0 amide bonds. The fourth-order valence-electron chi connectivity index (χ4n) is 1.24. The lowest BCUT2D eigenvalue weighted by Gasteiger charge is -2.07. The Bertz CT molecular complexity index is 248. The van der Waals surface area contributed by atoms with Gasteiger partial charge in [0.05, 0.1) is 0 Å². The molecule has 0 atom stereocenters. The molecule has 0 aromatic heterocycles. The second-order valence-electron chi connectivity index (χ2n) is 2.75. The Hall–Kier alpha value is 0.397. The topological polar surface area (TPSA) is 0 Å². The van der Waals surface area contributed by atoms with Gasteiger partial charge >= 0.3 is 0 Å². The van der Waals surface area contributed by atoms with Crippen LogP contribution in [0.4, 0.5) is 0 Å². The van der Waals surface area contributed by atoms with Crippen LogP contribution in [0.3, 0.4) is 0 Å². The second kappa shape index (κ2) is 5.20. The molecule has 0 saturated heterocycles. The molecule has 0 bridgehead atoms. The number of benzene rings is 1. The highest BCUT2D eigenvalue weighted by Gasteiger charge is 2.08. The van der Waals surface area contributed by atoms with Gasteiger partial charge in [0.25, 0.3) is 0 Å². The maximum absolute atomic E-state index is 3.66. The molecule has 3 heteroatoms. The van der Waals surface area contributed by atoms with Crippen LogP contribution in [-0.2, 0) is 6.42 Å². The van der Waals surface area contributed by atoms with Crippen molar-refractivity contribution in [1.29, 1.82) is 0 Å². The van der Waals surface area contributed by atoms with Crippen molar-refractivity contribution >= 4 is 41.8 Å². The average Bonchev–Trinajstić information content (AvgIpc) is 2.05. The molecule has 0 heterocycles. The maximum Gasteiger partial charge on any atom is 0.216 e. The first kappa shape index (κ1) is 10.5. The molecular weight excluding hydrogens is 296 g/mol. The molecule has 0 spiro atoms. The van der Waals surface area contributed by atoms with E-state index >= 15 is 0 Å². The van der Waals surface area contributed by atoms with Crippen molar-refractivity contribution in [3.8, 4) is 0 Å². The van der Waals surface area contributed by atoms with Crippen molar-refractivity contribution in [3.63, 3.8) is 0 Å². The SMILES string of the molecule is CCCc1ccccc1[SiH](Br)Br. The van der Waals surface area contributed by atoms with Gasteiger partial charge < -0.3 is 0 Å². The third-order valence-electron chi connectivity index (χ3n) is 1.81. The summed E-state index contributed by atoms with van der Waals surface area (Å²) in [4.78, 5) is 0. The predicted molar refractivity (Wildman–Crippen MR) is 65.1 cm³/mol. The number of hydrogen-bond acceptors (Lipinski definition) is 0. The Morgan fingerprint density at radius 1 is 1.25 bits per heavy atom. The molecule has 1 aromatic carbocycles. The molecular formula is C9H12Br2Si. The van der Waals surface area contributed by atoms with Crippen molar-refractivity contribution in [2.45, 2.75) is 19.8 Å². The minimum absolute atomic E-state index is 0.975. The van der Waals surface area contributed by atoms with Gasteiger partial charge in [0, 0.05) is 0 Å². The van der Waals surface area contributed by atoms with E-state index in [0.29, 0.717) is 0 Å². The van der Waals surface area contributed by atoms with E-state index in [2.05, 4.69) is 61.8 Å². The predicted octanol–water partition coefficient (Wildman–Crippen LogP) is 2.86. The number of rotatable bonds is 3. The van der Waals surface area contributed by atoms with Crippen molar-refractivity contribution in [1.82, 2.24) is 0 Å². The molecule has 0 saturated carbocycles. The summed E-state index contributed by atoms with van der Waals surface area (Å²) in [5.74, 6) is 0. The standard InChI is InChI=1S/C9H12Br2Si/c1-2-5-8-6-3-4-7-9(8)12(10)11/h3-4,6-7,12H,2,5H2,1H3. The van der Waals surface area contributed by atoms with Crippen LogP contribution in [0.1, 0.15) is 18.9 Å². The molecule has 66 valence electrons. The van der Waals surface area contributed by atoms with Crippen LogP contribution in [0.25, 0.3) is 0 Å². The summed E-state index contributed by atoms with van der Waals surface area (Å²) in [6.45, 7) is 2.22. The quantitative estimate of drug-likeness (QED) is 0.595. The van der Waals surface area contributed by atoms with Crippen LogP contribution in [0.5, 0.6) is 0 Å². The van der Waals surface area contributed by atoms with Crippen LogP contribution in [0, 0.1) is 0 Å². The van der Waals surface area contributed by atoms with Gasteiger partial charge in [-0.3, -0.25) is 0 Å². The summed E-state index contributed by atoms with van der Waals surface area (Å²) in [5, 5.41) is 1.49. The Morgan fingerprint density at radius 2 is 1.92 bits per heavy atom. The third-order valence-corrected chi connectivity index (χ3v) is 5.80. The van der Waals surface area contributed by atoms with Crippen LogP contribution >= 0.6 is 30.6 Å². The van der Waals surface area contributed by atoms with E-state index in [1.54, 1.807) is 0 Å². The average molecular weight is 308 g/mol. The number of hydrogen-bond donors (Lipinski definition) is 0. The summed E-state index contributed by atoms with van der Waals surface area (Å²) in [6, 6.07) is 7.69. The molecule has 0 radical (unpaired) electrons. The lowest BCUT2D eigenvalue weighted by Crippen LogP contribution is -2.21. The van der Waals surface area contributed by atoms with Gasteiger partial charge in [0.1, 0.15) is 0 Å². The Balaban J connectivity index is 2.92. The van der Waals surface area contributed by atoms with Gasteiger partial charge in [-0.2, -0.15) is 0 Å². The van der Waals surface area contributed by atoms with Crippen LogP contribution < -0.4 is 5.19 Å². The molecule has 0 unspecified atom stereocenters. The monoisotopic (exact) mass is 306 g/mol. The Kier molecular flexibility index (Phi) is 4.54. The summed E-state index contributed by atoms with van der Waals surface area (Å²) < 4.78 is 0. The third kappa shape index (κ3) is 2.71. The summed E-state index contributed by atoms with van der Waals surface area (Å²) in [6.07, 6.45) is 2.41. The van der Waals surface area contributed by atoms with Crippen LogP contribution in [0.15, 0.2) is 24.3 Å². The van der Waals surface area contributed by atoms with Gasteiger partial charge in [0.15, 0.2) is 0 Å². The van der Waals surface area contributed by atoms with Crippen LogP contribution in [0.2, 0.25) is 0 Å². The lowest BCUT2D eigenvalue weighted by molar-refractivity contribution is 0.927. The normalized spacial score (nSPS) is 10.7. The van der Waals surface area contributed by atoms with E-state index in [-0.39, 0.29) is 0 Å². The molecule has 0 nitrogen and oxygen atoms in total. The smallest absolute Gasteiger partial charge is 0.109 e. The molecule has 1 rings (SSSR count). The van der Waals surface area contributed by atoms with E-state index in [9.17, 15) is 0 Å². The van der Waals surface area contributed by atoms with Crippen LogP contribution in [-0.4, -0.2) is 6.04 Å². The highest BCUT2D eigenvalue weighted by molar-refractivity contribution is 9.49. The molecule has 0 fully saturated rings. The first-order valence-electron chi connectivity index (χ1n) is 4.11. The van der Waals surface area contributed by atoms with Gasteiger partial charge in [-0.15, -0.1) is 30.6 Å². The zero-order valence-electron chi connectivity index (χ0n) is 7.06. The highest BCUT2D eigenvalue weighted by atomic mass is 79.9. The van der Waals surface area contributed by atoms with E-state index < -0.39 is 6.04 Å². The van der Waals surface area contributed by atoms with E-state index in [1.165, 1.54) is 23.6 Å². The molecule has 12 heavy (non-hydrogen) atoms. The van der Waals surface area contributed by atoms with E-state index in [0.717, 1.165) is 0 Å². The molecule has 0 aliphatic heterocycles. The molecule has 0 aliphatic carbocycles. The lowest BCUT2D eigenvalue weighted by atomic mass is 10.1. The van der Waals surface area contributed by atoms with Crippen molar-refractivity contribution in [2.75, 3.05) is 0 Å². The molecule has 0 N–H and O–H groups in total. The van der Waals surface area contributed by atoms with Crippen molar-refractivity contribution in [2.24, 2.45) is 0 Å². The second-order valence-corrected chi connectivity index (χ2v) is 13.2. The first-order chi connectivity index (χ1) is 5.75. The minimum atomic E-state index is -0.975. The largest absolute Gasteiger partial charge is 0.216 e. The number of aryl methyl sites for hydroxylation is 1. The fourth-order valence-corrected chi connectivity index (χ4v) is 4.70. The Morgan fingerprint density at radius 3 is 2.50 bits per heavy atom.